The van der Waals surface area contributed by atoms with Crippen LogP contribution in [-0.4, -0.2) is 35.8 Å². The second-order valence-corrected chi connectivity index (χ2v) is 10.4. The zero-order chi connectivity index (χ0) is 32.2. The number of hydrogen-bond donors (Lipinski definition) is 3. The van der Waals surface area contributed by atoms with Crippen LogP contribution in [0.4, 0.5) is 32.0 Å². The molecule has 0 saturated carbocycles. The Balaban J connectivity index is 1.76. The molecule has 3 aromatic carbocycles. The van der Waals surface area contributed by atoms with Crippen molar-refractivity contribution in [2.75, 3.05) is 5.32 Å². The van der Waals surface area contributed by atoms with Gasteiger partial charge < -0.3 is 16.4 Å². The highest BCUT2D eigenvalue weighted by atomic mass is 19.4. The molecule has 0 saturated heterocycles. The van der Waals surface area contributed by atoms with Gasteiger partial charge in [-0.1, -0.05) is 60.7 Å². The number of benzene rings is 3. The van der Waals surface area contributed by atoms with Gasteiger partial charge in [-0.25, -0.2) is 4.99 Å². The molecule has 3 atom stereocenters. The van der Waals surface area contributed by atoms with Crippen LogP contribution in [0.5, 0.6) is 0 Å². The Labute approximate surface area is 248 Å². The summed E-state index contributed by atoms with van der Waals surface area (Å²) in [5, 5.41) is 5.06. The number of nitrogens with zero attached hydrogens (tertiary/aromatic N) is 1. The smallest absolute Gasteiger partial charge is 0.369 e. The summed E-state index contributed by atoms with van der Waals surface area (Å²) in [6, 6.07) is 16.9. The number of para-hydroxylation sites is 1. The van der Waals surface area contributed by atoms with Gasteiger partial charge in [-0.05, 0) is 43.0 Å². The number of carbonyl (C=O) groups excluding carboxylic acids is 3. The first kappa shape index (κ1) is 32.2. The molecule has 3 unspecified atom stereocenters. The van der Waals surface area contributed by atoms with Crippen molar-refractivity contribution in [1.29, 1.82) is 0 Å². The highest BCUT2D eigenvalue weighted by Crippen LogP contribution is 2.34. The molecule has 0 fully saturated rings. The number of alkyl halides is 6. The van der Waals surface area contributed by atoms with E-state index in [1.807, 2.05) is 0 Å². The second-order valence-electron chi connectivity index (χ2n) is 10.4. The average molecular weight is 619 g/mol. The molecule has 3 amide bonds. The van der Waals surface area contributed by atoms with Crippen molar-refractivity contribution in [3.8, 4) is 0 Å². The molecule has 1 aliphatic heterocycles. The highest BCUT2D eigenvalue weighted by molar-refractivity contribution is 6.20. The van der Waals surface area contributed by atoms with Gasteiger partial charge in [0.1, 0.15) is 0 Å². The van der Waals surface area contributed by atoms with E-state index in [4.69, 9.17) is 5.73 Å². The summed E-state index contributed by atoms with van der Waals surface area (Å²) >= 11 is 0. The van der Waals surface area contributed by atoms with Crippen LogP contribution in [0.1, 0.15) is 53.0 Å². The lowest BCUT2D eigenvalue weighted by atomic mass is 9.81. The third kappa shape index (κ3) is 7.63. The lowest BCUT2D eigenvalue weighted by molar-refractivity contribution is -0.139. The summed E-state index contributed by atoms with van der Waals surface area (Å²) in [7, 11) is 0. The van der Waals surface area contributed by atoms with Gasteiger partial charge in [0.2, 0.25) is 18.0 Å². The van der Waals surface area contributed by atoms with Crippen LogP contribution in [0.25, 0.3) is 0 Å². The minimum Gasteiger partial charge on any atom is -0.369 e. The van der Waals surface area contributed by atoms with Gasteiger partial charge in [0.05, 0.1) is 28.8 Å². The van der Waals surface area contributed by atoms with Crippen LogP contribution in [0.3, 0.4) is 0 Å². The van der Waals surface area contributed by atoms with Crippen molar-refractivity contribution in [2.24, 2.45) is 16.6 Å². The fraction of sp³-hybridized carbons (Fsp3) is 0.290. The molecular formula is C31H28F6N4O3. The van der Waals surface area contributed by atoms with Crippen LogP contribution in [0, 0.1) is 12.8 Å². The summed E-state index contributed by atoms with van der Waals surface area (Å²) in [6.07, 6.45) is -13.1. The topological polar surface area (TPSA) is 114 Å². The third-order valence-electron chi connectivity index (χ3n) is 7.20. The van der Waals surface area contributed by atoms with E-state index in [0.717, 1.165) is 12.1 Å². The molecule has 4 N–H and O–H groups in total. The Morgan fingerprint density at radius 1 is 0.977 bits per heavy atom. The molecule has 4 rings (SSSR count). The van der Waals surface area contributed by atoms with Gasteiger partial charge in [-0.15, -0.1) is 0 Å². The number of halogens is 6. The lowest BCUT2D eigenvalue weighted by Crippen LogP contribution is -2.47. The van der Waals surface area contributed by atoms with Crippen LogP contribution in [0.15, 0.2) is 77.8 Å². The summed E-state index contributed by atoms with van der Waals surface area (Å²) in [4.78, 5) is 44.0. The van der Waals surface area contributed by atoms with E-state index in [9.17, 15) is 40.7 Å². The third-order valence-corrected chi connectivity index (χ3v) is 7.20. The largest absolute Gasteiger partial charge is 0.416 e. The number of rotatable bonds is 9. The fourth-order valence-electron chi connectivity index (χ4n) is 5.12. The van der Waals surface area contributed by atoms with Crippen LogP contribution < -0.4 is 16.4 Å². The fourth-order valence-corrected chi connectivity index (χ4v) is 5.12. The summed E-state index contributed by atoms with van der Waals surface area (Å²) in [5.74, 6) is -5.56. The van der Waals surface area contributed by atoms with E-state index in [1.54, 1.807) is 43.3 Å². The number of hydrogen-bond acceptors (Lipinski definition) is 4. The van der Waals surface area contributed by atoms with E-state index in [-0.39, 0.29) is 28.1 Å². The van der Waals surface area contributed by atoms with Crippen molar-refractivity contribution < 1.29 is 40.7 Å². The van der Waals surface area contributed by atoms with Crippen molar-refractivity contribution in [3.63, 3.8) is 0 Å². The number of nitrogens with one attached hydrogen (secondary N) is 2. The molecule has 0 aromatic heterocycles. The van der Waals surface area contributed by atoms with Crippen LogP contribution in [0.2, 0.25) is 0 Å². The Morgan fingerprint density at radius 2 is 1.66 bits per heavy atom. The number of aryl methyl sites for hydroxylation is 1. The monoisotopic (exact) mass is 618 g/mol. The molecule has 0 bridgehead atoms. The average Bonchev–Trinajstić information content (AvgIpc) is 3.09. The first-order chi connectivity index (χ1) is 20.7. The van der Waals surface area contributed by atoms with Gasteiger partial charge in [-0.2, -0.15) is 26.3 Å². The van der Waals surface area contributed by atoms with Gasteiger partial charge in [0.15, 0.2) is 0 Å². The summed E-state index contributed by atoms with van der Waals surface area (Å²) in [6.45, 7) is 1.66. The number of primary amides is 1. The molecule has 1 aliphatic rings. The lowest BCUT2D eigenvalue weighted by Gasteiger charge is -2.26. The van der Waals surface area contributed by atoms with E-state index < -0.39 is 72.9 Å². The number of fused-ring (bicyclic) bond motifs is 1. The van der Waals surface area contributed by atoms with Crippen molar-refractivity contribution in [2.45, 2.75) is 50.6 Å². The molecule has 3 aromatic rings. The zero-order valence-electron chi connectivity index (χ0n) is 23.3. The number of carbonyl (C=O) groups is 3. The number of amides is 3. The predicted molar refractivity (Wildman–Crippen MR) is 151 cm³/mol. The molecule has 7 nitrogen and oxygen atoms in total. The SMILES string of the molecule is Cc1cccc2c1NC(=O)C(NC(=O)C(CCCC(F)(F)F)C(C(N)=O)c1ccccc1)N=C2c1cccc(C(F)(F)F)c1. The molecular weight excluding hydrogens is 590 g/mol. The molecule has 13 heteroatoms. The van der Waals surface area contributed by atoms with E-state index in [0.29, 0.717) is 5.56 Å². The first-order valence-corrected chi connectivity index (χ1v) is 13.5. The zero-order valence-corrected chi connectivity index (χ0v) is 23.3. The second kappa shape index (κ2) is 12.9. The van der Waals surface area contributed by atoms with Crippen LogP contribution in [-0.2, 0) is 20.6 Å². The Bertz CT molecular complexity index is 1570. The van der Waals surface area contributed by atoms with Crippen molar-refractivity contribution >= 4 is 29.1 Å². The van der Waals surface area contributed by atoms with E-state index >= 15 is 0 Å². The maximum Gasteiger partial charge on any atom is 0.416 e. The molecule has 0 radical (unpaired) electrons. The molecule has 0 aliphatic carbocycles. The van der Waals surface area contributed by atoms with E-state index in [1.165, 1.54) is 24.3 Å². The quantitative estimate of drug-likeness (QED) is 0.261. The maximum atomic E-state index is 13.7. The normalized spacial score (nSPS) is 16.6. The number of aliphatic imine (C=N–C) groups is 1. The summed E-state index contributed by atoms with van der Waals surface area (Å²) < 4.78 is 79.7. The first-order valence-electron chi connectivity index (χ1n) is 13.5. The maximum absolute atomic E-state index is 13.7. The van der Waals surface area contributed by atoms with Gasteiger partial charge >= 0.3 is 12.4 Å². The standard InChI is InChI=1S/C31H28F6N4O3/c1-17-8-5-13-22-24(17)40-29(44)27(39-25(22)19-11-6-12-20(16-19)31(35,36)37)41-28(43)21(14-7-15-30(32,33)34)23(26(38)42)18-9-3-2-4-10-18/h2-6,8-13,16,21,23,27H,7,14-15H2,1H3,(H2,38,42)(H,40,44)(H,41,43). The number of nitrogens with two attached hydrogens (primary N) is 1. The Hall–Kier alpha value is -4.68. The summed E-state index contributed by atoms with van der Waals surface area (Å²) in [5.41, 5.74) is 6.02. The highest BCUT2D eigenvalue weighted by Gasteiger charge is 2.38. The van der Waals surface area contributed by atoms with Crippen molar-refractivity contribution in [3.05, 3.63) is 101 Å². The minimum atomic E-state index is -4.68. The van der Waals surface area contributed by atoms with Crippen molar-refractivity contribution in [1.82, 2.24) is 5.32 Å². The van der Waals surface area contributed by atoms with E-state index in [2.05, 4.69) is 15.6 Å². The van der Waals surface area contributed by atoms with Gasteiger partial charge in [-0.3, -0.25) is 14.4 Å². The molecule has 44 heavy (non-hydrogen) atoms. The minimum absolute atomic E-state index is 0.00319. The molecule has 232 valence electrons. The molecule has 0 spiro atoms. The Kier molecular flexibility index (Phi) is 9.45. The number of benzodiazepines with no additional fused rings is 1. The Morgan fingerprint density at radius 3 is 2.30 bits per heavy atom. The predicted octanol–water partition coefficient (Wildman–Crippen LogP) is 5.86. The van der Waals surface area contributed by atoms with Crippen LogP contribution >= 0.6 is 0 Å². The van der Waals surface area contributed by atoms with Gasteiger partial charge in [0.25, 0.3) is 5.91 Å². The van der Waals surface area contributed by atoms with Gasteiger partial charge in [0, 0.05) is 17.5 Å². The molecule has 1 heterocycles. The number of anilines is 1.